The van der Waals surface area contributed by atoms with Crippen LogP contribution in [0, 0.1) is 0 Å². The molecule has 1 nitrogen and oxygen atoms in total. The van der Waals surface area contributed by atoms with Gasteiger partial charge in [-0.2, -0.15) is 0 Å². The molecule has 0 saturated heterocycles. The molecule has 1 aliphatic rings. The average Bonchev–Trinajstić information content (AvgIpc) is 2.86. The summed E-state index contributed by atoms with van der Waals surface area (Å²) < 4.78 is 8.16. The molecule has 0 radical (unpaired) electrons. The second-order valence-electron chi connectivity index (χ2n) is 5.54. The first kappa shape index (κ1) is 15.1. The molecule has 0 fully saturated rings. The van der Waals surface area contributed by atoms with Crippen molar-refractivity contribution in [2.75, 3.05) is 0 Å². The molecular weight excluding hydrogens is 468 g/mol. The highest BCUT2D eigenvalue weighted by Gasteiger charge is 2.30. The number of hydrogen-bond acceptors (Lipinski definition) is 2. The van der Waals surface area contributed by atoms with Crippen molar-refractivity contribution in [1.82, 2.24) is 0 Å². The summed E-state index contributed by atoms with van der Waals surface area (Å²) in [6, 6.07) is 8.64. The van der Waals surface area contributed by atoms with Crippen molar-refractivity contribution in [3.63, 3.8) is 0 Å². The Hall–Kier alpha value is 0.160. The van der Waals surface area contributed by atoms with Gasteiger partial charge < -0.3 is 4.74 Å². The number of halogens is 3. The van der Waals surface area contributed by atoms with E-state index in [1.807, 2.05) is 0 Å². The Morgan fingerprint density at radius 2 is 2.00 bits per heavy atom. The van der Waals surface area contributed by atoms with Crippen LogP contribution in [0.5, 0.6) is 5.75 Å². The van der Waals surface area contributed by atoms with E-state index in [4.69, 9.17) is 4.74 Å². The SMILES string of the molecule is CC1(C)Cc2cc(C(Br)c3cc(Br)c(Br)s3)ccc2O1. The maximum atomic E-state index is 5.93. The lowest BCUT2D eigenvalue weighted by Gasteiger charge is -2.16. The van der Waals surface area contributed by atoms with E-state index in [0.29, 0.717) is 0 Å². The lowest BCUT2D eigenvalue weighted by Crippen LogP contribution is -2.24. The summed E-state index contributed by atoms with van der Waals surface area (Å²) in [4.78, 5) is 1.49. The number of hydrogen-bond donors (Lipinski definition) is 0. The van der Waals surface area contributed by atoms with Gasteiger partial charge in [-0.15, -0.1) is 11.3 Å². The predicted octanol–water partition coefficient (Wildman–Crippen LogP) is 6.47. The second-order valence-corrected chi connectivity index (χ2v) is 9.71. The van der Waals surface area contributed by atoms with Gasteiger partial charge in [-0.3, -0.25) is 0 Å². The summed E-state index contributed by atoms with van der Waals surface area (Å²) in [6.07, 6.45) is 0.966. The van der Waals surface area contributed by atoms with Crippen molar-refractivity contribution in [3.8, 4) is 5.75 Å². The van der Waals surface area contributed by atoms with Gasteiger partial charge in [-0.05, 0) is 69.0 Å². The smallest absolute Gasteiger partial charge is 0.123 e. The molecule has 106 valence electrons. The summed E-state index contributed by atoms with van der Waals surface area (Å²) in [5, 5.41) is 0. The van der Waals surface area contributed by atoms with Gasteiger partial charge in [0.2, 0.25) is 0 Å². The molecule has 1 aromatic carbocycles. The van der Waals surface area contributed by atoms with Gasteiger partial charge in [0.25, 0.3) is 0 Å². The van der Waals surface area contributed by atoms with Crippen LogP contribution >= 0.6 is 59.1 Å². The molecule has 0 N–H and O–H groups in total. The number of fused-ring (bicyclic) bond motifs is 1. The normalized spacial score (nSPS) is 17.6. The molecule has 1 unspecified atom stereocenters. The molecule has 0 bridgehead atoms. The zero-order valence-electron chi connectivity index (χ0n) is 11.0. The van der Waals surface area contributed by atoms with E-state index in [9.17, 15) is 0 Å². The second kappa shape index (κ2) is 5.41. The van der Waals surface area contributed by atoms with Crippen LogP contribution in [-0.4, -0.2) is 5.60 Å². The van der Waals surface area contributed by atoms with E-state index in [0.717, 1.165) is 20.4 Å². The maximum Gasteiger partial charge on any atom is 0.123 e. The van der Waals surface area contributed by atoms with E-state index >= 15 is 0 Å². The maximum absolute atomic E-state index is 5.93. The van der Waals surface area contributed by atoms with Crippen molar-refractivity contribution < 1.29 is 4.74 Å². The van der Waals surface area contributed by atoms with Gasteiger partial charge in [0, 0.05) is 15.8 Å². The Bertz CT molecular complexity index is 644. The Morgan fingerprint density at radius 3 is 2.65 bits per heavy atom. The van der Waals surface area contributed by atoms with Crippen LogP contribution in [-0.2, 0) is 6.42 Å². The Kier molecular flexibility index (Phi) is 4.08. The monoisotopic (exact) mass is 478 g/mol. The fourth-order valence-corrected chi connectivity index (χ4v) is 5.23. The zero-order valence-corrected chi connectivity index (χ0v) is 16.6. The first-order valence-electron chi connectivity index (χ1n) is 6.26. The molecule has 0 saturated carbocycles. The number of ether oxygens (including phenoxy) is 1. The van der Waals surface area contributed by atoms with Crippen LogP contribution < -0.4 is 4.74 Å². The minimum Gasteiger partial charge on any atom is -0.487 e. The minimum atomic E-state index is -0.0856. The number of alkyl halides is 1. The molecule has 0 aliphatic carbocycles. The minimum absolute atomic E-state index is 0.0856. The third kappa shape index (κ3) is 2.87. The number of benzene rings is 1. The van der Waals surface area contributed by atoms with Crippen molar-refractivity contribution in [2.24, 2.45) is 0 Å². The third-order valence-electron chi connectivity index (χ3n) is 3.29. The summed E-state index contributed by atoms with van der Waals surface area (Å²) in [5.41, 5.74) is 2.48. The molecule has 1 aliphatic heterocycles. The lowest BCUT2D eigenvalue weighted by atomic mass is 9.99. The average molecular weight is 481 g/mol. The summed E-state index contributed by atoms with van der Waals surface area (Å²) in [6.45, 7) is 4.26. The largest absolute Gasteiger partial charge is 0.487 e. The zero-order chi connectivity index (χ0) is 14.5. The standard InChI is InChI=1S/C15H13Br3OS/c1-15(2)7-9-5-8(3-4-11(9)19-15)13(17)12-6-10(16)14(18)20-12/h3-6,13H,7H2,1-2H3. The molecular formula is C15H13Br3OS. The topological polar surface area (TPSA) is 9.23 Å². The Morgan fingerprint density at radius 1 is 1.25 bits per heavy atom. The number of rotatable bonds is 2. The van der Waals surface area contributed by atoms with Crippen molar-refractivity contribution in [1.29, 1.82) is 0 Å². The van der Waals surface area contributed by atoms with Crippen LogP contribution in [0.3, 0.4) is 0 Å². The van der Waals surface area contributed by atoms with Crippen molar-refractivity contribution >= 4 is 59.1 Å². The van der Waals surface area contributed by atoms with Crippen LogP contribution in [0.25, 0.3) is 0 Å². The van der Waals surface area contributed by atoms with Crippen LogP contribution in [0.4, 0.5) is 0 Å². The summed E-state index contributed by atoms with van der Waals surface area (Å²) in [7, 11) is 0. The first-order chi connectivity index (χ1) is 9.35. The van der Waals surface area contributed by atoms with E-state index in [2.05, 4.69) is 85.9 Å². The molecule has 1 aromatic heterocycles. The third-order valence-corrected chi connectivity index (χ3v) is 7.94. The van der Waals surface area contributed by atoms with E-state index in [1.54, 1.807) is 11.3 Å². The quantitative estimate of drug-likeness (QED) is 0.447. The summed E-state index contributed by atoms with van der Waals surface area (Å²) in [5.74, 6) is 1.02. The molecule has 2 heterocycles. The van der Waals surface area contributed by atoms with Crippen LogP contribution in [0.1, 0.15) is 34.7 Å². The molecule has 0 spiro atoms. The fraction of sp³-hybridized carbons (Fsp3) is 0.333. The fourth-order valence-electron chi connectivity index (χ4n) is 2.44. The summed E-state index contributed by atoms with van der Waals surface area (Å²) >= 11 is 12.6. The molecule has 20 heavy (non-hydrogen) atoms. The van der Waals surface area contributed by atoms with Crippen LogP contribution in [0.15, 0.2) is 32.5 Å². The van der Waals surface area contributed by atoms with E-state index in [1.165, 1.54) is 16.0 Å². The highest BCUT2D eigenvalue weighted by atomic mass is 79.9. The van der Waals surface area contributed by atoms with E-state index in [-0.39, 0.29) is 10.4 Å². The van der Waals surface area contributed by atoms with Crippen LogP contribution in [0.2, 0.25) is 0 Å². The Labute approximate surface area is 148 Å². The predicted molar refractivity (Wildman–Crippen MR) is 95.3 cm³/mol. The highest BCUT2D eigenvalue weighted by Crippen LogP contribution is 2.43. The molecule has 5 heteroatoms. The van der Waals surface area contributed by atoms with Gasteiger partial charge in [-0.1, -0.05) is 28.1 Å². The number of thiophene rings is 1. The highest BCUT2D eigenvalue weighted by molar-refractivity contribution is 9.13. The Balaban J connectivity index is 1.92. The molecule has 2 aromatic rings. The lowest BCUT2D eigenvalue weighted by molar-refractivity contribution is 0.138. The molecule has 0 amide bonds. The molecule has 3 rings (SSSR count). The van der Waals surface area contributed by atoms with Gasteiger partial charge in [0.1, 0.15) is 11.4 Å². The van der Waals surface area contributed by atoms with Gasteiger partial charge in [0.05, 0.1) is 8.61 Å². The van der Waals surface area contributed by atoms with Crippen molar-refractivity contribution in [3.05, 3.63) is 48.5 Å². The van der Waals surface area contributed by atoms with Gasteiger partial charge >= 0.3 is 0 Å². The first-order valence-corrected chi connectivity index (χ1v) is 9.58. The van der Waals surface area contributed by atoms with E-state index < -0.39 is 0 Å². The van der Waals surface area contributed by atoms with Crippen molar-refractivity contribution in [2.45, 2.75) is 30.7 Å². The molecule has 1 atom stereocenters. The van der Waals surface area contributed by atoms with Gasteiger partial charge in [0.15, 0.2) is 0 Å². The van der Waals surface area contributed by atoms with Gasteiger partial charge in [-0.25, -0.2) is 0 Å².